The van der Waals surface area contributed by atoms with Crippen LogP contribution in [0.15, 0.2) is 6.33 Å². The topological polar surface area (TPSA) is 78.0 Å². The number of fused-ring (bicyclic) bond motifs is 1. The number of carboxylic acid groups (broad SMARTS) is 1. The van der Waals surface area contributed by atoms with Crippen LogP contribution >= 0.6 is 0 Å². The van der Waals surface area contributed by atoms with Crippen molar-refractivity contribution in [3.05, 3.63) is 17.7 Å². The molecule has 0 amide bonds. The van der Waals surface area contributed by atoms with Gasteiger partial charge >= 0.3 is 5.97 Å². The highest BCUT2D eigenvalue weighted by Gasteiger charge is 2.29. The van der Waals surface area contributed by atoms with Gasteiger partial charge in [-0.15, -0.1) is 0 Å². The number of imidazole rings is 1. The lowest BCUT2D eigenvalue weighted by molar-refractivity contribution is -0.139. The number of aliphatic carboxylic acids is 1. The van der Waals surface area contributed by atoms with Gasteiger partial charge in [-0.25, -0.2) is 4.98 Å². The second-order valence-electron chi connectivity index (χ2n) is 3.25. The third-order valence-electron chi connectivity index (χ3n) is 2.32. The fourth-order valence-electron chi connectivity index (χ4n) is 1.67. The van der Waals surface area contributed by atoms with Gasteiger partial charge in [-0.3, -0.25) is 10.1 Å². The van der Waals surface area contributed by atoms with Gasteiger partial charge in [0.1, 0.15) is 6.04 Å². The number of hydrogen-bond acceptors (Lipinski definition) is 3. The zero-order valence-corrected chi connectivity index (χ0v) is 7.24. The normalized spacial score (nSPS) is 26.8. The fourth-order valence-corrected chi connectivity index (χ4v) is 1.67. The van der Waals surface area contributed by atoms with Crippen molar-refractivity contribution in [2.24, 2.45) is 0 Å². The smallest absolute Gasteiger partial charge is 0.321 e. The summed E-state index contributed by atoms with van der Waals surface area (Å²) < 4.78 is 0. The third-order valence-corrected chi connectivity index (χ3v) is 2.32. The van der Waals surface area contributed by atoms with E-state index in [0.717, 1.165) is 11.4 Å². The average molecular weight is 181 g/mol. The van der Waals surface area contributed by atoms with Gasteiger partial charge in [0.2, 0.25) is 0 Å². The molecule has 1 aromatic heterocycles. The highest BCUT2D eigenvalue weighted by Crippen LogP contribution is 2.21. The van der Waals surface area contributed by atoms with Gasteiger partial charge < -0.3 is 10.1 Å². The van der Waals surface area contributed by atoms with Crippen molar-refractivity contribution < 1.29 is 9.90 Å². The Morgan fingerprint density at radius 3 is 3.23 bits per heavy atom. The minimum atomic E-state index is -0.813. The molecule has 0 aliphatic carbocycles. The van der Waals surface area contributed by atoms with E-state index in [-0.39, 0.29) is 6.04 Å². The van der Waals surface area contributed by atoms with E-state index in [1.54, 1.807) is 6.33 Å². The van der Waals surface area contributed by atoms with Crippen molar-refractivity contribution in [1.29, 1.82) is 0 Å². The van der Waals surface area contributed by atoms with Crippen LogP contribution in [0.2, 0.25) is 0 Å². The summed E-state index contributed by atoms with van der Waals surface area (Å²) in [6.45, 7) is 1.91. The maximum absolute atomic E-state index is 10.7. The number of aromatic amines is 1. The molecule has 3 N–H and O–H groups in total. The maximum atomic E-state index is 10.7. The number of carbonyl (C=O) groups is 1. The van der Waals surface area contributed by atoms with E-state index >= 15 is 0 Å². The molecule has 70 valence electrons. The molecule has 0 saturated carbocycles. The van der Waals surface area contributed by atoms with Gasteiger partial charge in [-0.1, -0.05) is 0 Å². The summed E-state index contributed by atoms with van der Waals surface area (Å²) >= 11 is 0. The van der Waals surface area contributed by atoms with Crippen molar-refractivity contribution in [3.8, 4) is 0 Å². The van der Waals surface area contributed by atoms with E-state index in [1.807, 2.05) is 6.92 Å². The highest BCUT2D eigenvalue weighted by molar-refractivity contribution is 5.74. The Balaban J connectivity index is 2.28. The Morgan fingerprint density at radius 2 is 2.54 bits per heavy atom. The quantitative estimate of drug-likeness (QED) is 0.573. The third kappa shape index (κ3) is 1.31. The van der Waals surface area contributed by atoms with E-state index in [4.69, 9.17) is 5.11 Å². The second-order valence-corrected chi connectivity index (χ2v) is 3.25. The van der Waals surface area contributed by atoms with Crippen LogP contribution < -0.4 is 5.32 Å². The van der Waals surface area contributed by atoms with Crippen LogP contribution in [0.5, 0.6) is 0 Å². The molecule has 2 unspecified atom stereocenters. The summed E-state index contributed by atoms with van der Waals surface area (Å²) in [6, 6.07) is -0.487. The van der Waals surface area contributed by atoms with Crippen LogP contribution in [0.3, 0.4) is 0 Å². The lowest BCUT2D eigenvalue weighted by Crippen LogP contribution is -2.43. The molecule has 5 heteroatoms. The number of H-pyrrole nitrogens is 1. The van der Waals surface area contributed by atoms with Crippen molar-refractivity contribution >= 4 is 5.97 Å². The summed E-state index contributed by atoms with van der Waals surface area (Å²) in [5, 5.41) is 11.8. The molecular weight excluding hydrogens is 170 g/mol. The van der Waals surface area contributed by atoms with Crippen LogP contribution in [0.4, 0.5) is 0 Å². The number of nitrogens with one attached hydrogen (secondary N) is 2. The van der Waals surface area contributed by atoms with E-state index in [1.165, 1.54) is 0 Å². The monoisotopic (exact) mass is 181 g/mol. The molecule has 0 bridgehead atoms. The van der Waals surface area contributed by atoms with Crippen LogP contribution in [0, 0.1) is 0 Å². The lowest BCUT2D eigenvalue weighted by atomic mass is 10.0. The average Bonchev–Trinajstić information content (AvgIpc) is 2.51. The molecule has 2 heterocycles. The van der Waals surface area contributed by atoms with Crippen LogP contribution in [-0.4, -0.2) is 27.1 Å². The number of hydrogen-bond donors (Lipinski definition) is 3. The summed E-state index contributed by atoms with van der Waals surface area (Å²) in [6.07, 6.45) is 2.09. The molecular formula is C8H11N3O2. The zero-order valence-electron chi connectivity index (χ0n) is 7.24. The molecule has 2 rings (SSSR count). The van der Waals surface area contributed by atoms with Crippen molar-refractivity contribution in [2.75, 3.05) is 0 Å². The highest BCUT2D eigenvalue weighted by atomic mass is 16.4. The fraction of sp³-hybridized carbons (Fsp3) is 0.500. The number of nitrogens with zero attached hydrogens (tertiary/aromatic N) is 1. The molecule has 0 radical (unpaired) electrons. The molecule has 1 aromatic rings. The Kier molecular flexibility index (Phi) is 1.81. The van der Waals surface area contributed by atoms with E-state index in [0.29, 0.717) is 6.42 Å². The molecule has 0 fully saturated rings. The van der Waals surface area contributed by atoms with E-state index in [9.17, 15) is 4.79 Å². The minimum absolute atomic E-state index is 0.0103. The molecule has 1 aliphatic rings. The number of rotatable bonds is 1. The SMILES string of the molecule is CC1NC(C(=O)O)Cc2[nH]cnc21. The Hall–Kier alpha value is -1.36. The first-order valence-corrected chi connectivity index (χ1v) is 4.19. The molecule has 5 nitrogen and oxygen atoms in total. The maximum Gasteiger partial charge on any atom is 0.321 e. The van der Waals surface area contributed by atoms with Crippen LogP contribution in [0.25, 0.3) is 0 Å². The molecule has 13 heavy (non-hydrogen) atoms. The minimum Gasteiger partial charge on any atom is -0.480 e. The standard InChI is InChI=1S/C8H11N3O2/c1-4-7-5(9-3-10-7)2-6(11-4)8(12)13/h3-4,6,11H,2H2,1H3,(H,9,10)(H,12,13). The molecule has 0 saturated heterocycles. The number of carboxylic acids is 1. The van der Waals surface area contributed by atoms with Gasteiger partial charge in [0.25, 0.3) is 0 Å². The van der Waals surface area contributed by atoms with E-state index in [2.05, 4.69) is 15.3 Å². The molecule has 1 aliphatic heterocycles. The lowest BCUT2D eigenvalue weighted by Gasteiger charge is -2.24. The molecule has 0 aromatic carbocycles. The predicted molar refractivity (Wildman–Crippen MR) is 45.3 cm³/mol. The summed E-state index contributed by atoms with van der Waals surface area (Å²) in [7, 11) is 0. The van der Waals surface area contributed by atoms with Crippen molar-refractivity contribution in [2.45, 2.75) is 25.4 Å². The van der Waals surface area contributed by atoms with E-state index < -0.39 is 12.0 Å². The Morgan fingerprint density at radius 1 is 1.77 bits per heavy atom. The summed E-state index contributed by atoms with van der Waals surface area (Å²) in [4.78, 5) is 17.8. The van der Waals surface area contributed by atoms with Gasteiger partial charge in [0.15, 0.2) is 0 Å². The zero-order chi connectivity index (χ0) is 9.42. The summed E-state index contributed by atoms with van der Waals surface area (Å²) in [5.74, 6) is -0.813. The van der Waals surface area contributed by atoms with Gasteiger partial charge in [-0.05, 0) is 6.92 Å². The first kappa shape index (κ1) is 8.25. The van der Waals surface area contributed by atoms with Crippen molar-refractivity contribution in [3.63, 3.8) is 0 Å². The Bertz CT molecular complexity index is 334. The van der Waals surface area contributed by atoms with Gasteiger partial charge in [0.05, 0.1) is 12.0 Å². The Labute approximate surface area is 75.2 Å². The second kappa shape index (κ2) is 2.85. The van der Waals surface area contributed by atoms with Gasteiger partial charge in [-0.2, -0.15) is 0 Å². The predicted octanol–water partition coefficient (Wildman–Crippen LogP) is 0.0696. The largest absolute Gasteiger partial charge is 0.480 e. The molecule has 0 spiro atoms. The van der Waals surface area contributed by atoms with Crippen molar-refractivity contribution in [1.82, 2.24) is 15.3 Å². The summed E-state index contributed by atoms with van der Waals surface area (Å²) in [5.41, 5.74) is 1.86. The van der Waals surface area contributed by atoms with Crippen LogP contribution in [-0.2, 0) is 11.2 Å². The first-order valence-electron chi connectivity index (χ1n) is 4.19. The van der Waals surface area contributed by atoms with Crippen LogP contribution in [0.1, 0.15) is 24.4 Å². The molecule has 2 atom stereocenters. The first-order chi connectivity index (χ1) is 6.18. The number of aromatic nitrogens is 2. The van der Waals surface area contributed by atoms with Gasteiger partial charge in [0, 0.05) is 18.2 Å².